The molecule has 1 aromatic rings. The Kier molecular flexibility index (Phi) is 5.69. The van der Waals surface area contributed by atoms with Crippen molar-refractivity contribution in [2.24, 2.45) is 0 Å². The van der Waals surface area contributed by atoms with Gasteiger partial charge in [0.15, 0.2) is 6.61 Å². The molecule has 1 spiro atoms. The summed E-state index contributed by atoms with van der Waals surface area (Å²) in [6, 6.07) is 6.23. The molecule has 2 aliphatic rings. The summed E-state index contributed by atoms with van der Waals surface area (Å²) in [5.41, 5.74) is 1.67. The quantitative estimate of drug-likeness (QED) is 0.451. The molecule has 1 saturated heterocycles. The summed E-state index contributed by atoms with van der Waals surface area (Å²) in [6.07, 6.45) is 5.66. The number of thioether (sulfide) groups is 1. The number of hydrogen-bond acceptors (Lipinski definition) is 6. The Morgan fingerprint density at radius 3 is 2.63 bits per heavy atom. The predicted molar refractivity (Wildman–Crippen MR) is 97.8 cm³/mol. The van der Waals surface area contributed by atoms with Crippen LogP contribution in [0.25, 0.3) is 0 Å². The summed E-state index contributed by atoms with van der Waals surface area (Å²) >= 11 is 1.39. The minimum atomic E-state index is -0.920. The van der Waals surface area contributed by atoms with Gasteiger partial charge in [0.2, 0.25) is 0 Å². The highest BCUT2D eigenvalue weighted by molar-refractivity contribution is 7.98. The third-order valence-corrected chi connectivity index (χ3v) is 5.56. The fourth-order valence-electron chi connectivity index (χ4n) is 3.40. The maximum absolute atomic E-state index is 12.6. The van der Waals surface area contributed by atoms with E-state index in [1.165, 1.54) is 11.8 Å². The van der Waals surface area contributed by atoms with Crippen LogP contribution in [0.1, 0.15) is 42.5 Å². The number of nitrogens with one attached hydrogen (secondary N) is 2. The number of hydrogen-bond donors (Lipinski definition) is 2. The molecule has 0 bridgehead atoms. The molecule has 2 N–H and O–H groups in total. The molecule has 0 unspecified atom stereocenters. The van der Waals surface area contributed by atoms with Gasteiger partial charge in [-0.1, -0.05) is 31.4 Å². The zero-order valence-electron chi connectivity index (χ0n) is 14.9. The van der Waals surface area contributed by atoms with Crippen molar-refractivity contribution in [3.8, 4) is 0 Å². The number of carbonyl (C=O) groups excluding carboxylic acids is 4. The number of imide groups is 1. The van der Waals surface area contributed by atoms with E-state index in [2.05, 4.69) is 10.7 Å². The molecule has 8 nitrogen and oxygen atoms in total. The van der Waals surface area contributed by atoms with Gasteiger partial charge in [-0.15, -0.1) is 11.8 Å². The Bertz CT molecular complexity index is 776. The number of hydrazine groups is 1. The van der Waals surface area contributed by atoms with Crippen LogP contribution in [0.3, 0.4) is 0 Å². The zero-order valence-corrected chi connectivity index (χ0v) is 15.8. The van der Waals surface area contributed by atoms with Crippen molar-refractivity contribution in [2.45, 2.75) is 42.5 Å². The van der Waals surface area contributed by atoms with Gasteiger partial charge in [0.25, 0.3) is 11.8 Å². The molecule has 1 aliphatic carbocycles. The van der Waals surface area contributed by atoms with Crippen LogP contribution in [0.4, 0.5) is 4.79 Å². The van der Waals surface area contributed by atoms with Crippen LogP contribution in [-0.2, 0) is 14.3 Å². The van der Waals surface area contributed by atoms with Crippen LogP contribution in [-0.4, -0.2) is 47.2 Å². The van der Waals surface area contributed by atoms with E-state index in [-0.39, 0.29) is 0 Å². The first kappa shape index (κ1) is 19.2. The lowest BCUT2D eigenvalue weighted by Crippen LogP contribution is -2.51. The fourth-order valence-corrected chi connectivity index (χ4v) is 3.98. The van der Waals surface area contributed by atoms with Gasteiger partial charge in [0.1, 0.15) is 5.54 Å². The third-order valence-electron chi connectivity index (χ3n) is 4.77. The Balaban J connectivity index is 1.57. The fraction of sp³-hybridized carbons (Fsp3) is 0.444. The van der Waals surface area contributed by atoms with Gasteiger partial charge in [0, 0.05) is 4.90 Å². The van der Waals surface area contributed by atoms with E-state index in [1.54, 1.807) is 24.3 Å². The van der Waals surface area contributed by atoms with E-state index in [0.717, 1.165) is 24.2 Å². The third kappa shape index (κ3) is 3.92. The van der Waals surface area contributed by atoms with Crippen LogP contribution in [0.15, 0.2) is 29.2 Å². The summed E-state index contributed by atoms with van der Waals surface area (Å²) in [7, 11) is 0. The van der Waals surface area contributed by atoms with Gasteiger partial charge in [-0.05, 0) is 31.2 Å². The first-order valence-electron chi connectivity index (χ1n) is 8.73. The molecule has 2 fully saturated rings. The van der Waals surface area contributed by atoms with E-state index >= 15 is 0 Å². The summed E-state index contributed by atoms with van der Waals surface area (Å²) < 4.78 is 5.02. The molecule has 4 amide bonds. The summed E-state index contributed by atoms with van der Waals surface area (Å²) in [4.78, 5) is 49.7. The molecule has 0 atom stereocenters. The minimum Gasteiger partial charge on any atom is -0.452 e. The average molecular weight is 391 g/mol. The number of urea groups is 1. The van der Waals surface area contributed by atoms with Gasteiger partial charge in [-0.3, -0.25) is 15.0 Å². The standard InChI is InChI=1S/C18H21N3O5S/c1-27-13-8-4-3-7-12(13)15(23)26-11-14(22)20-21-16(24)18(19-17(21)25)9-5-2-6-10-18/h3-4,7-8H,2,5-6,9-11H2,1H3,(H,19,25)(H,20,22). The molecular formula is C18H21N3O5S. The number of benzene rings is 1. The summed E-state index contributed by atoms with van der Waals surface area (Å²) in [6.45, 7) is -0.592. The smallest absolute Gasteiger partial charge is 0.344 e. The lowest BCUT2D eigenvalue weighted by Gasteiger charge is -2.30. The van der Waals surface area contributed by atoms with Crippen molar-refractivity contribution in [2.75, 3.05) is 12.9 Å². The monoisotopic (exact) mass is 391 g/mol. The molecule has 27 heavy (non-hydrogen) atoms. The molecule has 0 radical (unpaired) electrons. The van der Waals surface area contributed by atoms with Gasteiger partial charge >= 0.3 is 12.0 Å². The second-order valence-electron chi connectivity index (χ2n) is 6.52. The largest absolute Gasteiger partial charge is 0.452 e. The first-order chi connectivity index (χ1) is 13.0. The Hall–Kier alpha value is -2.55. The number of rotatable bonds is 5. The highest BCUT2D eigenvalue weighted by atomic mass is 32.2. The number of ether oxygens (including phenoxy) is 1. The molecule has 1 heterocycles. The molecule has 9 heteroatoms. The number of carbonyl (C=O) groups is 4. The normalized spacial score (nSPS) is 18.3. The maximum Gasteiger partial charge on any atom is 0.344 e. The van der Waals surface area contributed by atoms with E-state index in [4.69, 9.17) is 4.74 Å². The van der Waals surface area contributed by atoms with Gasteiger partial charge < -0.3 is 10.1 Å². The molecule has 3 rings (SSSR count). The number of amides is 4. The molecular weight excluding hydrogens is 370 g/mol. The van der Waals surface area contributed by atoms with E-state index in [9.17, 15) is 19.2 Å². The molecule has 1 aromatic carbocycles. The average Bonchev–Trinajstić information content (AvgIpc) is 2.90. The van der Waals surface area contributed by atoms with Crippen LogP contribution in [0, 0.1) is 0 Å². The zero-order chi connectivity index (χ0) is 19.4. The van der Waals surface area contributed by atoms with E-state index in [0.29, 0.717) is 23.4 Å². The van der Waals surface area contributed by atoms with Crippen LogP contribution >= 0.6 is 11.8 Å². The maximum atomic E-state index is 12.6. The highest BCUT2D eigenvalue weighted by Gasteiger charge is 2.52. The van der Waals surface area contributed by atoms with Crippen molar-refractivity contribution in [1.82, 2.24) is 15.8 Å². The second-order valence-corrected chi connectivity index (χ2v) is 7.37. The van der Waals surface area contributed by atoms with Gasteiger partial charge in [-0.25, -0.2) is 9.59 Å². The van der Waals surface area contributed by atoms with Crippen LogP contribution in [0.5, 0.6) is 0 Å². The predicted octanol–water partition coefficient (Wildman–Crippen LogP) is 1.85. The van der Waals surface area contributed by atoms with Gasteiger partial charge in [0.05, 0.1) is 5.56 Å². The Morgan fingerprint density at radius 1 is 1.22 bits per heavy atom. The first-order valence-corrected chi connectivity index (χ1v) is 9.96. The molecule has 1 aliphatic heterocycles. The SMILES string of the molecule is CSc1ccccc1C(=O)OCC(=O)NN1C(=O)NC2(CCCCC2)C1=O. The van der Waals surface area contributed by atoms with Crippen molar-refractivity contribution >= 4 is 35.6 Å². The van der Waals surface area contributed by atoms with Crippen LogP contribution < -0.4 is 10.7 Å². The Labute approximate surface area is 161 Å². The molecule has 144 valence electrons. The second kappa shape index (κ2) is 7.99. The van der Waals surface area contributed by atoms with Crippen molar-refractivity contribution in [3.63, 3.8) is 0 Å². The topological polar surface area (TPSA) is 105 Å². The summed E-state index contributed by atoms with van der Waals surface area (Å²) in [5.74, 6) is -1.85. The number of esters is 1. The minimum absolute atomic E-state index is 0.356. The lowest BCUT2D eigenvalue weighted by molar-refractivity contribution is -0.140. The Morgan fingerprint density at radius 2 is 1.93 bits per heavy atom. The van der Waals surface area contributed by atoms with Crippen molar-refractivity contribution < 1.29 is 23.9 Å². The number of nitrogens with zero attached hydrogens (tertiary/aromatic N) is 1. The molecule has 1 saturated carbocycles. The summed E-state index contributed by atoms with van der Waals surface area (Å²) in [5, 5.41) is 3.38. The van der Waals surface area contributed by atoms with Crippen molar-refractivity contribution in [1.29, 1.82) is 0 Å². The van der Waals surface area contributed by atoms with E-state index in [1.807, 2.05) is 6.26 Å². The van der Waals surface area contributed by atoms with Crippen molar-refractivity contribution in [3.05, 3.63) is 29.8 Å². The highest BCUT2D eigenvalue weighted by Crippen LogP contribution is 2.33. The lowest BCUT2D eigenvalue weighted by atomic mass is 9.82. The molecule has 0 aromatic heterocycles. The van der Waals surface area contributed by atoms with E-state index < -0.39 is 36.0 Å². The van der Waals surface area contributed by atoms with Gasteiger partial charge in [-0.2, -0.15) is 5.01 Å². The van der Waals surface area contributed by atoms with Crippen LogP contribution in [0.2, 0.25) is 0 Å².